The summed E-state index contributed by atoms with van der Waals surface area (Å²) in [4.78, 5) is 4.22. The number of benzene rings is 1. The van der Waals surface area contributed by atoms with Crippen molar-refractivity contribution in [3.05, 3.63) is 35.4 Å². The lowest BCUT2D eigenvalue weighted by Gasteiger charge is -2.10. The molecule has 1 aromatic carbocycles. The van der Waals surface area contributed by atoms with Crippen molar-refractivity contribution in [3.63, 3.8) is 0 Å². The molecule has 1 rings (SSSR count). The predicted molar refractivity (Wildman–Crippen MR) is 65.0 cm³/mol. The average molecular weight is 259 g/mol. The molecule has 18 heavy (non-hydrogen) atoms. The zero-order valence-electron chi connectivity index (χ0n) is 10.3. The lowest BCUT2D eigenvalue weighted by Crippen LogP contribution is -2.32. The van der Waals surface area contributed by atoms with Crippen molar-refractivity contribution in [3.8, 4) is 0 Å². The van der Waals surface area contributed by atoms with Crippen molar-refractivity contribution in [2.45, 2.75) is 32.5 Å². The molecular formula is C12H16F3N3. The molecule has 0 aromatic heterocycles. The van der Waals surface area contributed by atoms with Gasteiger partial charge in [0.1, 0.15) is 5.84 Å². The Bertz CT molecular complexity index is 408. The maximum absolute atomic E-state index is 12.4. The van der Waals surface area contributed by atoms with Crippen LogP contribution in [0.15, 0.2) is 29.3 Å². The summed E-state index contributed by atoms with van der Waals surface area (Å²) in [5.41, 5.74) is 2.52. The van der Waals surface area contributed by atoms with Gasteiger partial charge in [0.2, 0.25) is 0 Å². The molecule has 0 aliphatic rings. The van der Waals surface area contributed by atoms with Crippen LogP contribution in [0.4, 0.5) is 13.2 Å². The number of alkyl halides is 3. The standard InChI is InChI=1S/C12H16F3N3/c1-8(2)17-11(18-16)7-9-3-5-10(6-4-9)12(13,14)15/h3-6,8H,7,16H2,1-2H3,(H,17,18). The molecule has 0 fully saturated rings. The number of rotatable bonds is 3. The van der Waals surface area contributed by atoms with Crippen LogP contribution in [0.2, 0.25) is 0 Å². The smallest absolute Gasteiger partial charge is 0.312 e. The summed E-state index contributed by atoms with van der Waals surface area (Å²) in [6, 6.07) is 5.04. The van der Waals surface area contributed by atoms with Gasteiger partial charge in [-0.05, 0) is 31.5 Å². The number of amidine groups is 1. The third-order valence-electron chi connectivity index (χ3n) is 2.23. The summed E-state index contributed by atoms with van der Waals surface area (Å²) in [5.74, 6) is 5.85. The van der Waals surface area contributed by atoms with Gasteiger partial charge >= 0.3 is 6.18 Å². The van der Waals surface area contributed by atoms with Crippen molar-refractivity contribution in [1.82, 2.24) is 5.43 Å². The molecule has 0 bridgehead atoms. The second-order valence-corrected chi connectivity index (χ2v) is 4.19. The van der Waals surface area contributed by atoms with E-state index in [2.05, 4.69) is 10.4 Å². The lowest BCUT2D eigenvalue weighted by atomic mass is 10.1. The minimum absolute atomic E-state index is 0.0745. The maximum Gasteiger partial charge on any atom is 0.416 e. The van der Waals surface area contributed by atoms with Crippen molar-refractivity contribution >= 4 is 5.84 Å². The van der Waals surface area contributed by atoms with Gasteiger partial charge in [0.15, 0.2) is 0 Å². The van der Waals surface area contributed by atoms with Crippen molar-refractivity contribution in [2.75, 3.05) is 0 Å². The highest BCUT2D eigenvalue weighted by molar-refractivity contribution is 5.84. The summed E-state index contributed by atoms with van der Waals surface area (Å²) in [7, 11) is 0. The number of nitrogens with one attached hydrogen (secondary N) is 1. The molecule has 0 amide bonds. The molecule has 3 N–H and O–H groups in total. The minimum atomic E-state index is -4.31. The Kier molecular flexibility index (Phi) is 4.72. The molecule has 0 spiro atoms. The van der Waals surface area contributed by atoms with Gasteiger partial charge in [-0.2, -0.15) is 13.2 Å². The van der Waals surface area contributed by atoms with Crippen LogP contribution in [0.3, 0.4) is 0 Å². The number of aliphatic imine (C=N–C) groups is 1. The van der Waals surface area contributed by atoms with Gasteiger partial charge in [0.25, 0.3) is 0 Å². The fourth-order valence-electron chi connectivity index (χ4n) is 1.45. The molecule has 0 aliphatic heterocycles. The monoisotopic (exact) mass is 259 g/mol. The van der Waals surface area contributed by atoms with Crippen LogP contribution in [0.5, 0.6) is 0 Å². The molecular weight excluding hydrogens is 243 g/mol. The van der Waals surface area contributed by atoms with Gasteiger partial charge in [0.05, 0.1) is 5.56 Å². The summed E-state index contributed by atoms with van der Waals surface area (Å²) in [6.07, 6.45) is -3.92. The Labute approximate surface area is 104 Å². The SMILES string of the molecule is CC(C)N=C(Cc1ccc(C(F)(F)F)cc1)NN. The second kappa shape index (κ2) is 5.86. The minimum Gasteiger partial charge on any atom is -0.312 e. The van der Waals surface area contributed by atoms with Crippen molar-refractivity contribution in [1.29, 1.82) is 0 Å². The summed E-state index contributed by atoms with van der Waals surface area (Å²) < 4.78 is 37.1. The van der Waals surface area contributed by atoms with Crippen molar-refractivity contribution in [2.24, 2.45) is 10.8 Å². The van der Waals surface area contributed by atoms with E-state index in [0.717, 1.165) is 17.7 Å². The van der Waals surface area contributed by atoms with E-state index in [0.29, 0.717) is 12.3 Å². The molecule has 100 valence electrons. The highest BCUT2D eigenvalue weighted by atomic mass is 19.4. The highest BCUT2D eigenvalue weighted by Gasteiger charge is 2.29. The van der Waals surface area contributed by atoms with Crippen LogP contribution in [-0.2, 0) is 12.6 Å². The zero-order valence-corrected chi connectivity index (χ0v) is 10.3. The third-order valence-corrected chi connectivity index (χ3v) is 2.23. The second-order valence-electron chi connectivity index (χ2n) is 4.19. The van der Waals surface area contributed by atoms with Gasteiger partial charge in [-0.15, -0.1) is 0 Å². The number of halogens is 3. The van der Waals surface area contributed by atoms with Crippen LogP contribution >= 0.6 is 0 Å². The van der Waals surface area contributed by atoms with E-state index in [9.17, 15) is 13.2 Å². The summed E-state index contributed by atoms with van der Waals surface area (Å²) in [5, 5.41) is 0. The Morgan fingerprint density at radius 1 is 1.28 bits per heavy atom. The van der Waals surface area contributed by atoms with Crippen LogP contribution in [0.1, 0.15) is 25.0 Å². The summed E-state index contributed by atoms with van der Waals surface area (Å²) >= 11 is 0. The van der Waals surface area contributed by atoms with E-state index in [4.69, 9.17) is 5.84 Å². The fourth-order valence-corrected chi connectivity index (χ4v) is 1.45. The lowest BCUT2D eigenvalue weighted by molar-refractivity contribution is -0.137. The first-order valence-electron chi connectivity index (χ1n) is 5.52. The fraction of sp³-hybridized carbons (Fsp3) is 0.417. The number of nitrogens with zero attached hydrogens (tertiary/aromatic N) is 1. The van der Waals surface area contributed by atoms with Gasteiger partial charge in [0, 0.05) is 12.5 Å². The normalized spacial score (nSPS) is 12.9. The largest absolute Gasteiger partial charge is 0.416 e. The molecule has 0 radical (unpaired) electrons. The number of nitrogens with two attached hydrogens (primary N) is 1. The topological polar surface area (TPSA) is 50.4 Å². The molecule has 6 heteroatoms. The van der Waals surface area contributed by atoms with Gasteiger partial charge in [-0.25, -0.2) is 5.84 Å². The Morgan fingerprint density at radius 2 is 1.83 bits per heavy atom. The molecule has 1 aromatic rings. The molecule has 0 atom stereocenters. The Hall–Kier alpha value is -1.56. The van der Waals surface area contributed by atoms with Gasteiger partial charge in [-0.1, -0.05) is 12.1 Å². The van der Waals surface area contributed by atoms with E-state index in [1.807, 2.05) is 13.8 Å². The third kappa shape index (κ3) is 4.37. The molecule has 0 heterocycles. The number of hydrazine groups is 1. The van der Waals surface area contributed by atoms with Crippen LogP contribution in [0.25, 0.3) is 0 Å². The average Bonchev–Trinajstić information content (AvgIpc) is 2.27. The van der Waals surface area contributed by atoms with Crippen LogP contribution in [-0.4, -0.2) is 11.9 Å². The molecule has 0 unspecified atom stereocenters. The van der Waals surface area contributed by atoms with Gasteiger partial charge in [-0.3, -0.25) is 4.99 Å². The van der Waals surface area contributed by atoms with E-state index < -0.39 is 11.7 Å². The van der Waals surface area contributed by atoms with E-state index in [-0.39, 0.29) is 6.04 Å². The quantitative estimate of drug-likeness (QED) is 0.379. The molecule has 0 aliphatic carbocycles. The number of hydrogen-bond acceptors (Lipinski definition) is 2. The molecule has 0 saturated carbocycles. The Morgan fingerprint density at radius 3 is 2.22 bits per heavy atom. The van der Waals surface area contributed by atoms with Crippen LogP contribution in [0, 0.1) is 0 Å². The van der Waals surface area contributed by atoms with Crippen molar-refractivity contribution < 1.29 is 13.2 Å². The van der Waals surface area contributed by atoms with Crippen LogP contribution < -0.4 is 11.3 Å². The first-order valence-corrected chi connectivity index (χ1v) is 5.52. The zero-order chi connectivity index (χ0) is 13.8. The van der Waals surface area contributed by atoms with Gasteiger partial charge < -0.3 is 5.43 Å². The summed E-state index contributed by atoms with van der Waals surface area (Å²) in [6.45, 7) is 3.79. The Balaban J connectivity index is 2.80. The van der Waals surface area contributed by atoms with E-state index in [1.54, 1.807) is 0 Å². The molecule has 3 nitrogen and oxygen atoms in total. The molecule has 0 saturated heterocycles. The number of hydrogen-bond donors (Lipinski definition) is 2. The highest BCUT2D eigenvalue weighted by Crippen LogP contribution is 2.29. The maximum atomic E-state index is 12.4. The first kappa shape index (κ1) is 14.5. The first-order chi connectivity index (χ1) is 8.32. The predicted octanol–water partition coefficient (Wildman–Crippen LogP) is 2.52. The van der Waals surface area contributed by atoms with E-state index >= 15 is 0 Å². The van der Waals surface area contributed by atoms with E-state index in [1.165, 1.54) is 12.1 Å².